The standard InChI is InChI=1S/C6H12O4/c1-6(8)10-9-5-3-2-4-7/h7H,2-5H2,1H3. The normalized spacial score (nSPS) is 9.40. The molecule has 0 atom stereocenters. The van der Waals surface area contributed by atoms with Crippen LogP contribution in [0.25, 0.3) is 0 Å². The highest BCUT2D eigenvalue weighted by Gasteiger charge is 1.92. The maximum Gasteiger partial charge on any atom is 0.339 e. The Kier molecular flexibility index (Phi) is 6.11. The zero-order valence-electron chi connectivity index (χ0n) is 6.00. The van der Waals surface area contributed by atoms with E-state index in [4.69, 9.17) is 5.11 Å². The van der Waals surface area contributed by atoms with Gasteiger partial charge in [-0.25, -0.2) is 4.79 Å². The third-order valence-corrected chi connectivity index (χ3v) is 0.812. The van der Waals surface area contributed by atoms with Crippen molar-refractivity contribution in [3.63, 3.8) is 0 Å². The minimum atomic E-state index is -0.455. The molecule has 0 amide bonds. The van der Waals surface area contributed by atoms with Crippen LogP contribution >= 0.6 is 0 Å². The van der Waals surface area contributed by atoms with Crippen molar-refractivity contribution in [2.45, 2.75) is 19.8 Å². The monoisotopic (exact) mass is 148 g/mol. The van der Waals surface area contributed by atoms with E-state index in [9.17, 15) is 4.79 Å². The molecule has 0 aliphatic rings. The Morgan fingerprint density at radius 3 is 2.70 bits per heavy atom. The van der Waals surface area contributed by atoms with E-state index in [2.05, 4.69) is 9.78 Å². The second kappa shape index (κ2) is 6.51. The highest BCUT2D eigenvalue weighted by Crippen LogP contribution is 1.89. The summed E-state index contributed by atoms with van der Waals surface area (Å²) in [5, 5.41) is 8.31. The van der Waals surface area contributed by atoms with Crippen molar-refractivity contribution >= 4 is 5.97 Å². The smallest absolute Gasteiger partial charge is 0.339 e. The van der Waals surface area contributed by atoms with Gasteiger partial charge in [0.2, 0.25) is 0 Å². The molecule has 0 aromatic rings. The lowest BCUT2D eigenvalue weighted by Gasteiger charge is -1.98. The van der Waals surface area contributed by atoms with Crippen molar-refractivity contribution in [1.82, 2.24) is 0 Å². The molecule has 0 radical (unpaired) electrons. The Hall–Kier alpha value is -0.610. The molecule has 0 fully saturated rings. The third-order valence-electron chi connectivity index (χ3n) is 0.812. The summed E-state index contributed by atoms with van der Waals surface area (Å²) in [6.45, 7) is 1.76. The van der Waals surface area contributed by atoms with Crippen molar-refractivity contribution in [2.24, 2.45) is 0 Å². The molecule has 0 aromatic heterocycles. The summed E-state index contributed by atoms with van der Waals surface area (Å²) in [6.07, 6.45) is 1.37. The average Bonchev–Trinajstić information content (AvgIpc) is 1.87. The molecule has 10 heavy (non-hydrogen) atoms. The molecule has 0 saturated heterocycles. The highest BCUT2D eigenvalue weighted by molar-refractivity contribution is 5.65. The van der Waals surface area contributed by atoms with Gasteiger partial charge in [0.25, 0.3) is 0 Å². The minimum absolute atomic E-state index is 0.142. The third kappa shape index (κ3) is 7.39. The van der Waals surface area contributed by atoms with Gasteiger partial charge in [0, 0.05) is 13.5 Å². The van der Waals surface area contributed by atoms with Crippen LogP contribution in [0.1, 0.15) is 19.8 Å². The molecule has 0 aromatic carbocycles. The van der Waals surface area contributed by atoms with Crippen LogP contribution in [0.15, 0.2) is 0 Å². The number of unbranched alkanes of at least 4 members (excludes halogenated alkanes) is 1. The quantitative estimate of drug-likeness (QED) is 0.345. The molecule has 0 heterocycles. The fourth-order valence-corrected chi connectivity index (χ4v) is 0.397. The van der Waals surface area contributed by atoms with Crippen LogP contribution in [0.5, 0.6) is 0 Å². The van der Waals surface area contributed by atoms with Gasteiger partial charge in [0.15, 0.2) is 0 Å². The van der Waals surface area contributed by atoms with Gasteiger partial charge in [-0.2, -0.15) is 4.89 Å². The summed E-state index contributed by atoms with van der Waals surface area (Å²) in [5.74, 6) is -0.455. The van der Waals surface area contributed by atoms with Crippen molar-refractivity contribution in [3.8, 4) is 0 Å². The van der Waals surface area contributed by atoms with E-state index in [0.29, 0.717) is 19.4 Å². The SMILES string of the molecule is CC(=O)OOCCCCO. The van der Waals surface area contributed by atoms with Crippen LogP contribution < -0.4 is 0 Å². The number of hydrogen-bond donors (Lipinski definition) is 1. The first-order chi connectivity index (χ1) is 4.77. The molecular formula is C6H12O4. The van der Waals surface area contributed by atoms with Crippen LogP contribution in [0.4, 0.5) is 0 Å². The number of aliphatic hydroxyl groups excluding tert-OH is 1. The summed E-state index contributed by atoms with van der Waals surface area (Å²) in [5.41, 5.74) is 0. The van der Waals surface area contributed by atoms with Crippen LogP contribution in [0.2, 0.25) is 0 Å². The molecule has 1 N–H and O–H groups in total. The minimum Gasteiger partial charge on any atom is -0.396 e. The van der Waals surface area contributed by atoms with E-state index in [-0.39, 0.29) is 6.61 Å². The predicted molar refractivity (Wildman–Crippen MR) is 34.0 cm³/mol. The van der Waals surface area contributed by atoms with Gasteiger partial charge in [-0.15, -0.1) is 0 Å². The van der Waals surface area contributed by atoms with E-state index in [0.717, 1.165) is 0 Å². The number of rotatable bonds is 5. The van der Waals surface area contributed by atoms with Gasteiger partial charge in [-0.05, 0) is 12.8 Å². The average molecular weight is 148 g/mol. The molecule has 0 spiro atoms. The summed E-state index contributed by atoms with van der Waals surface area (Å²) in [6, 6.07) is 0. The van der Waals surface area contributed by atoms with E-state index in [1.807, 2.05) is 0 Å². The Morgan fingerprint density at radius 2 is 2.20 bits per heavy atom. The summed E-state index contributed by atoms with van der Waals surface area (Å²) < 4.78 is 0. The molecule has 0 saturated carbocycles. The molecule has 0 bridgehead atoms. The summed E-state index contributed by atoms with van der Waals surface area (Å²) >= 11 is 0. The second-order valence-corrected chi connectivity index (χ2v) is 1.83. The first-order valence-electron chi connectivity index (χ1n) is 3.18. The van der Waals surface area contributed by atoms with Crippen molar-refractivity contribution in [3.05, 3.63) is 0 Å². The Bertz CT molecular complexity index is 91.7. The lowest BCUT2D eigenvalue weighted by Crippen LogP contribution is -2.02. The number of aliphatic hydroxyl groups is 1. The lowest BCUT2D eigenvalue weighted by atomic mass is 10.3. The molecule has 0 aliphatic carbocycles. The number of carbonyl (C=O) groups excluding carboxylic acids is 1. The van der Waals surface area contributed by atoms with Crippen LogP contribution in [0.3, 0.4) is 0 Å². The lowest BCUT2D eigenvalue weighted by molar-refractivity contribution is -0.270. The van der Waals surface area contributed by atoms with Crippen LogP contribution in [-0.4, -0.2) is 24.3 Å². The fourth-order valence-electron chi connectivity index (χ4n) is 0.397. The number of carbonyl (C=O) groups is 1. The first kappa shape index (κ1) is 9.39. The molecule has 4 nitrogen and oxygen atoms in total. The molecule has 0 rings (SSSR count). The Morgan fingerprint density at radius 1 is 1.50 bits per heavy atom. The van der Waals surface area contributed by atoms with E-state index < -0.39 is 5.97 Å². The maximum absolute atomic E-state index is 10.1. The summed E-state index contributed by atoms with van der Waals surface area (Å²) in [7, 11) is 0. The molecule has 0 unspecified atom stereocenters. The van der Waals surface area contributed by atoms with Gasteiger partial charge < -0.3 is 5.11 Å². The van der Waals surface area contributed by atoms with Gasteiger partial charge in [-0.1, -0.05) is 0 Å². The zero-order valence-corrected chi connectivity index (χ0v) is 6.00. The van der Waals surface area contributed by atoms with E-state index in [1.54, 1.807) is 0 Å². The van der Waals surface area contributed by atoms with Gasteiger partial charge in [0.05, 0.1) is 6.61 Å². The molecule has 60 valence electrons. The second-order valence-electron chi connectivity index (χ2n) is 1.83. The molecule has 4 heteroatoms. The fraction of sp³-hybridized carbons (Fsp3) is 0.833. The highest BCUT2D eigenvalue weighted by atomic mass is 17.2. The molecule has 0 aliphatic heterocycles. The Labute approximate surface area is 59.7 Å². The van der Waals surface area contributed by atoms with Crippen molar-refractivity contribution < 1.29 is 19.7 Å². The van der Waals surface area contributed by atoms with Gasteiger partial charge in [-0.3, -0.25) is 4.89 Å². The van der Waals surface area contributed by atoms with Crippen LogP contribution in [-0.2, 0) is 14.6 Å². The van der Waals surface area contributed by atoms with Crippen molar-refractivity contribution in [1.29, 1.82) is 0 Å². The summed E-state index contributed by atoms with van der Waals surface area (Å²) in [4.78, 5) is 18.7. The number of hydrogen-bond acceptors (Lipinski definition) is 4. The van der Waals surface area contributed by atoms with Crippen LogP contribution in [0, 0.1) is 0 Å². The largest absolute Gasteiger partial charge is 0.396 e. The first-order valence-corrected chi connectivity index (χ1v) is 3.18. The Balaban J connectivity index is 2.84. The van der Waals surface area contributed by atoms with Gasteiger partial charge >= 0.3 is 5.97 Å². The van der Waals surface area contributed by atoms with E-state index in [1.165, 1.54) is 6.92 Å². The topological polar surface area (TPSA) is 55.8 Å². The molecular weight excluding hydrogens is 136 g/mol. The van der Waals surface area contributed by atoms with Gasteiger partial charge in [0.1, 0.15) is 0 Å². The predicted octanol–water partition coefficient (Wildman–Crippen LogP) is 0.254. The zero-order chi connectivity index (χ0) is 7.82. The maximum atomic E-state index is 10.1. The van der Waals surface area contributed by atoms with E-state index >= 15 is 0 Å². The van der Waals surface area contributed by atoms with Crippen molar-refractivity contribution in [2.75, 3.05) is 13.2 Å².